The normalized spacial score (nSPS) is 10.7. The highest BCUT2D eigenvalue weighted by atomic mass is 16.3. The van der Waals surface area contributed by atoms with Crippen LogP contribution in [0.3, 0.4) is 0 Å². The summed E-state index contributed by atoms with van der Waals surface area (Å²) in [6.45, 7) is 0.567. The maximum absolute atomic E-state index is 10.1. The minimum Gasteiger partial charge on any atom is -0.445 e. The topological polar surface area (TPSA) is 55.1 Å². The Morgan fingerprint density at radius 1 is 1.22 bits per heavy atom. The third kappa shape index (κ3) is 3.59. The van der Waals surface area contributed by atoms with E-state index in [9.17, 15) is 4.79 Å². The Hall–Kier alpha value is -2.36. The van der Waals surface area contributed by atoms with Crippen LogP contribution in [0.5, 0.6) is 0 Å². The molecule has 2 aromatic rings. The third-order valence-corrected chi connectivity index (χ3v) is 2.40. The van der Waals surface area contributed by atoms with Gasteiger partial charge in [0, 0.05) is 19.0 Å². The molecule has 0 unspecified atom stereocenters. The molecular weight excluding hydrogens is 228 g/mol. The van der Waals surface area contributed by atoms with Gasteiger partial charge in [-0.15, -0.1) is 0 Å². The van der Waals surface area contributed by atoms with Gasteiger partial charge in [0.25, 0.3) is 0 Å². The lowest BCUT2D eigenvalue weighted by molar-refractivity contribution is -0.109. The summed E-state index contributed by atoms with van der Waals surface area (Å²) in [5.74, 6) is 0.569. The standard InChI is InChI=1S/C14H14N2O2/c17-11-15-9-8-13-10-18-14(16-13)7-6-12-4-2-1-3-5-12/h1-7,10-11H,8-9H2,(H,15,17)/b7-6+. The molecule has 18 heavy (non-hydrogen) atoms. The number of carbonyl (C=O) groups excluding carboxylic acids is 1. The van der Waals surface area contributed by atoms with Gasteiger partial charge in [-0.1, -0.05) is 30.3 Å². The second-order valence-corrected chi connectivity index (χ2v) is 3.74. The van der Waals surface area contributed by atoms with Crippen LogP contribution in [-0.4, -0.2) is 17.9 Å². The van der Waals surface area contributed by atoms with E-state index in [4.69, 9.17) is 4.42 Å². The maximum atomic E-state index is 10.1. The van der Waals surface area contributed by atoms with Crippen LogP contribution in [0.4, 0.5) is 0 Å². The van der Waals surface area contributed by atoms with E-state index >= 15 is 0 Å². The summed E-state index contributed by atoms with van der Waals surface area (Å²) in [6.07, 6.45) is 6.72. The Labute approximate surface area is 105 Å². The number of hydrogen-bond donors (Lipinski definition) is 1. The molecule has 92 valence electrons. The molecule has 0 fully saturated rings. The van der Waals surface area contributed by atoms with Crippen molar-refractivity contribution >= 4 is 18.6 Å². The summed E-state index contributed by atoms with van der Waals surface area (Å²) in [4.78, 5) is 14.4. The van der Waals surface area contributed by atoms with E-state index in [0.29, 0.717) is 25.3 Å². The van der Waals surface area contributed by atoms with E-state index < -0.39 is 0 Å². The van der Waals surface area contributed by atoms with Gasteiger partial charge in [-0.2, -0.15) is 0 Å². The van der Waals surface area contributed by atoms with E-state index in [0.717, 1.165) is 11.3 Å². The van der Waals surface area contributed by atoms with Gasteiger partial charge < -0.3 is 9.73 Å². The summed E-state index contributed by atoms with van der Waals surface area (Å²) in [5, 5.41) is 2.58. The lowest BCUT2D eigenvalue weighted by Gasteiger charge is -1.92. The molecule has 4 nitrogen and oxygen atoms in total. The minimum atomic E-state index is 0.567. The van der Waals surface area contributed by atoms with Crippen LogP contribution >= 0.6 is 0 Å². The van der Waals surface area contributed by atoms with Crippen LogP contribution < -0.4 is 5.32 Å². The Morgan fingerprint density at radius 3 is 2.83 bits per heavy atom. The SMILES string of the molecule is O=CNCCc1coc(/C=C/c2ccccc2)n1. The number of oxazole rings is 1. The molecule has 0 spiro atoms. The van der Waals surface area contributed by atoms with Crippen molar-refractivity contribution in [2.24, 2.45) is 0 Å². The first-order valence-corrected chi connectivity index (χ1v) is 5.73. The maximum Gasteiger partial charge on any atom is 0.218 e. The fourth-order valence-electron chi connectivity index (χ4n) is 1.50. The second kappa shape index (κ2) is 6.39. The van der Waals surface area contributed by atoms with E-state index in [1.807, 2.05) is 42.5 Å². The highest BCUT2D eigenvalue weighted by Gasteiger charge is 2.00. The number of nitrogens with one attached hydrogen (secondary N) is 1. The largest absolute Gasteiger partial charge is 0.445 e. The number of nitrogens with zero attached hydrogens (tertiary/aromatic N) is 1. The molecular formula is C14H14N2O2. The van der Waals surface area contributed by atoms with Crippen LogP contribution in [0.25, 0.3) is 12.2 Å². The van der Waals surface area contributed by atoms with Gasteiger partial charge in [0.2, 0.25) is 12.3 Å². The first-order valence-electron chi connectivity index (χ1n) is 5.73. The highest BCUT2D eigenvalue weighted by Crippen LogP contribution is 2.08. The highest BCUT2D eigenvalue weighted by molar-refractivity contribution is 5.65. The number of carbonyl (C=O) groups is 1. The van der Waals surface area contributed by atoms with Gasteiger partial charge in [-0.3, -0.25) is 4.79 Å². The van der Waals surface area contributed by atoms with Gasteiger partial charge in [0.1, 0.15) is 6.26 Å². The van der Waals surface area contributed by atoms with Crippen LogP contribution in [0.1, 0.15) is 17.1 Å². The average Bonchev–Trinajstić information content (AvgIpc) is 2.86. The summed E-state index contributed by atoms with van der Waals surface area (Å²) < 4.78 is 5.30. The average molecular weight is 242 g/mol. The summed E-state index contributed by atoms with van der Waals surface area (Å²) >= 11 is 0. The molecule has 1 heterocycles. The Morgan fingerprint density at radius 2 is 2.06 bits per heavy atom. The van der Waals surface area contributed by atoms with Gasteiger partial charge in [0.15, 0.2) is 0 Å². The van der Waals surface area contributed by atoms with Crippen LogP contribution in [0.15, 0.2) is 41.0 Å². The number of aromatic nitrogens is 1. The summed E-state index contributed by atoms with van der Waals surface area (Å²) in [5.41, 5.74) is 1.93. The second-order valence-electron chi connectivity index (χ2n) is 3.74. The van der Waals surface area contributed by atoms with Crippen molar-refractivity contribution in [3.05, 3.63) is 53.7 Å². The molecule has 1 N–H and O–H groups in total. The quantitative estimate of drug-likeness (QED) is 0.623. The van der Waals surface area contributed by atoms with Gasteiger partial charge >= 0.3 is 0 Å². The molecule has 2 rings (SSSR count). The van der Waals surface area contributed by atoms with Crippen molar-refractivity contribution in [2.75, 3.05) is 6.54 Å². The predicted octanol–water partition coefficient (Wildman–Crippen LogP) is 2.13. The zero-order chi connectivity index (χ0) is 12.6. The first-order chi connectivity index (χ1) is 8.88. The molecule has 0 aliphatic heterocycles. The van der Waals surface area contributed by atoms with E-state index in [1.165, 1.54) is 0 Å². The Kier molecular flexibility index (Phi) is 4.30. The lowest BCUT2D eigenvalue weighted by Crippen LogP contribution is -2.14. The van der Waals surface area contributed by atoms with Crippen LogP contribution in [0, 0.1) is 0 Å². The number of hydrogen-bond acceptors (Lipinski definition) is 3. The van der Waals surface area contributed by atoms with Crippen LogP contribution in [-0.2, 0) is 11.2 Å². The lowest BCUT2D eigenvalue weighted by atomic mass is 10.2. The summed E-state index contributed by atoms with van der Waals surface area (Å²) in [6, 6.07) is 9.95. The molecule has 0 aliphatic rings. The van der Waals surface area contributed by atoms with Gasteiger partial charge in [0.05, 0.1) is 5.69 Å². The molecule has 1 amide bonds. The molecule has 0 radical (unpaired) electrons. The number of benzene rings is 1. The van der Waals surface area contributed by atoms with Gasteiger partial charge in [-0.05, 0) is 11.6 Å². The van der Waals surface area contributed by atoms with Crippen molar-refractivity contribution < 1.29 is 9.21 Å². The smallest absolute Gasteiger partial charge is 0.218 e. The van der Waals surface area contributed by atoms with E-state index in [-0.39, 0.29) is 0 Å². The van der Waals surface area contributed by atoms with E-state index in [1.54, 1.807) is 6.26 Å². The number of rotatable bonds is 6. The molecule has 1 aromatic heterocycles. The van der Waals surface area contributed by atoms with Crippen molar-refractivity contribution in [3.8, 4) is 0 Å². The zero-order valence-electron chi connectivity index (χ0n) is 9.87. The van der Waals surface area contributed by atoms with Crippen LogP contribution in [0.2, 0.25) is 0 Å². The first kappa shape index (κ1) is 12.1. The van der Waals surface area contributed by atoms with Crippen molar-refractivity contribution in [1.82, 2.24) is 10.3 Å². The predicted molar refractivity (Wildman–Crippen MR) is 69.6 cm³/mol. The minimum absolute atomic E-state index is 0.567. The molecule has 0 aliphatic carbocycles. The van der Waals surface area contributed by atoms with Crippen molar-refractivity contribution in [2.45, 2.75) is 6.42 Å². The molecule has 4 heteroatoms. The molecule has 1 aromatic carbocycles. The fraction of sp³-hybridized carbons (Fsp3) is 0.143. The third-order valence-electron chi connectivity index (χ3n) is 2.40. The monoisotopic (exact) mass is 242 g/mol. The fourth-order valence-corrected chi connectivity index (χ4v) is 1.50. The zero-order valence-corrected chi connectivity index (χ0v) is 9.87. The summed E-state index contributed by atoms with van der Waals surface area (Å²) in [7, 11) is 0. The van der Waals surface area contributed by atoms with Gasteiger partial charge in [-0.25, -0.2) is 4.98 Å². The number of amides is 1. The van der Waals surface area contributed by atoms with E-state index in [2.05, 4.69) is 10.3 Å². The van der Waals surface area contributed by atoms with Crippen molar-refractivity contribution in [3.63, 3.8) is 0 Å². The Balaban J connectivity index is 1.94. The Bertz CT molecular complexity index is 518. The molecule has 0 saturated carbocycles. The molecule has 0 bridgehead atoms. The molecule has 0 saturated heterocycles. The molecule has 0 atom stereocenters. The van der Waals surface area contributed by atoms with Crippen molar-refractivity contribution in [1.29, 1.82) is 0 Å².